The maximum Gasteiger partial charge on any atom is 0.275 e. The molecular formula is C31H32N4O3. The number of rotatable bonds is 8. The number of hydrazone groups is 1. The Morgan fingerprint density at radius 2 is 1.89 bits per heavy atom. The normalized spacial score (nSPS) is 19.3. The van der Waals surface area contributed by atoms with Crippen molar-refractivity contribution in [2.75, 3.05) is 23.7 Å². The molecule has 2 aliphatic heterocycles. The summed E-state index contributed by atoms with van der Waals surface area (Å²) in [6, 6.07) is 17.2. The average Bonchev–Trinajstić information content (AvgIpc) is 3.71. The van der Waals surface area contributed by atoms with Crippen molar-refractivity contribution < 1.29 is 14.3 Å². The fraction of sp³-hybridized carbons (Fsp3) is 0.323. The topological polar surface area (TPSA) is 88.2 Å². The van der Waals surface area contributed by atoms with Crippen LogP contribution in [-0.4, -0.2) is 36.5 Å². The number of hydrogen-bond acceptors (Lipinski definition) is 6. The van der Waals surface area contributed by atoms with Crippen molar-refractivity contribution in [3.63, 3.8) is 0 Å². The van der Waals surface area contributed by atoms with Gasteiger partial charge in [0.2, 0.25) is 0 Å². The molecule has 3 aliphatic rings. The predicted octanol–water partition coefficient (Wildman–Crippen LogP) is 5.63. The van der Waals surface area contributed by atoms with Crippen molar-refractivity contribution in [2.45, 2.75) is 45.1 Å². The zero-order chi connectivity index (χ0) is 26.4. The number of nitrogens with two attached hydrogens (primary N) is 1. The molecule has 194 valence electrons. The lowest BCUT2D eigenvalue weighted by Gasteiger charge is -2.42. The third kappa shape index (κ3) is 3.68. The first-order chi connectivity index (χ1) is 18.5. The van der Waals surface area contributed by atoms with E-state index < -0.39 is 5.54 Å². The van der Waals surface area contributed by atoms with Gasteiger partial charge in [0.05, 0.1) is 6.21 Å². The second kappa shape index (κ2) is 9.31. The zero-order valence-electron chi connectivity index (χ0n) is 21.8. The van der Waals surface area contributed by atoms with Gasteiger partial charge in [0, 0.05) is 58.9 Å². The van der Waals surface area contributed by atoms with Gasteiger partial charge < -0.3 is 15.4 Å². The summed E-state index contributed by atoms with van der Waals surface area (Å²) in [5.74, 6) is 1.85. The minimum atomic E-state index is -1.10. The van der Waals surface area contributed by atoms with Crippen LogP contribution in [0, 0.1) is 12.8 Å². The summed E-state index contributed by atoms with van der Waals surface area (Å²) in [5.41, 5.74) is 10.8. The van der Waals surface area contributed by atoms with Gasteiger partial charge >= 0.3 is 0 Å². The SMILES string of the molecule is CCN(CCCC1CC1)c1cc2c(cc1C)C1(c3ccc(N)cc3O2)c2ccccc2C(=O)N1N=CC=O. The summed E-state index contributed by atoms with van der Waals surface area (Å²) in [5, 5.41) is 5.82. The third-order valence-electron chi connectivity index (χ3n) is 8.06. The van der Waals surface area contributed by atoms with E-state index in [1.54, 1.807) is 6.07 Å². The van der Waals surface area contributed by atoms with Gasteiger partial charge in [0.1, 0.15) is 17.0 Å². The van der Waals surface area contributed by atoms with E-state index in [9.17, 15) is 9.59 Å². The summed E-state index contributed by atoms with van der Waals surface area (Å²) >= 11 is 0. The highest BCUT2D eigenvalue weighted by Crippen LogP contribution is 2.58. The third-order valence-corrected chi connectivity index (χ3v) is 8.06. The van der Waals surface area contributed by atoms with Crippen LogP contribution in [0.1, 0.15) is 65.2 Å². The van der Waals surface area contributed by atoms with Crippen molar-refractivity contribution in [3.8, 4) is 11.5 Å². The molecule has 6 rings (SSSR count). The van der Waals surface area contributed by atoms with E-state index in [1.165, 1.54) is 24.3 Å². The van der Waals surface area contributed by atoms with Crippen LogP contribution < -0.4 is 15.4 Å². The Morgan fingerprint density at radius 1 is 1.11 bits per heavy atom. The number of aldehydes is 1. The minimum absolute atomic E-state index is 0.272. The molecule has 0 saturated heterocycles. The van der Waals surface area contributed by atoms with Gasteiger partial charge in [0.15, 0.2) is 6.29 Å². The fourth-order valence-electron chi connectivity index (χ4n) is 6.11. The predicted molar refractivity (Wildman–Crippen MR) is 149 cm³/mol. The average molecular weight is 509 g/mol. The van der Waals surface area contributed by atoms with E-state index in [4.69, 9.17) is 10.5 Å². The van der Waals surface area contributed by atoms with E-state index in [1.807, 2.05) is 36.4 Å². The Balaban J connectivity index is 1.57. The highest BCUT2D eigenvalue weighted by Gasteiger charge is 2.57. The Morgan fingerprint density at radius 3 is 2.66 bits per heavy atom. The first kappa shape index (κ1) is 24.2. The Labute approximate surface area is 222 Å². The van der Waals surface area contributed by atoms with Gasteiger partial charge in [-0.15, -0.1) is 0 Å². The Bertz CT molecular complexity index is 1460. The molecule has 1 atom stereocenters. The Hall–Kier alpha value is -4.13. The maximum atomic E-state index is 13.8. The molecule has 7 heteroatoms. The number of nitrogen functional groups attached to an aromatic ring is 1. The monoisotopic (exact) mass is 508 g/mol. The van der Waals surface area contributed by atoms with Gasteiger partial charge in [-0.2, -0.15) is 5.10 Å². The molecule has 0 bridgehead atoms. The van der Waals surface area contributed by atoms with Crippen LogP contribution in [0.2, 0.25) is 0 Å². The molecule has 2 N–H and O–H groups in total. The molecule has 1 spiro atoms. The van der Waals surface area contributed by atoms with Crippen LogP contribution >= 0.6 is 0 Å². The summed E-state index contributed by atoms with van der Waals surface area (Å²) in [7, 11) is 0. The summed E-state index contributed by atoms with van der Waals surface area (Å²) in [6.07, 6.45) is 6.88. The molecule has 3 aromatic rings. The molecule has 0 radical (unpaired) electrons. The number of carbonyl (C=O) groups excluding carboxylic acids is 2. The second-order valence-electron chi connectivity index (χ2n) is 10.4. The van der Waals surface area contributed by atoms with Crippen LogP contribution in [0.25, 0.3) is 0 Å². The van der Waals surface area contributed by atoms with Crippen LogP contribution in [0.4, 0.5) is 11.4 Å². The van der Waals surface area contributed by atoms with E-state index in [2.05, 4.69) is 36.0 Å². The summed E-state index contributed by atoms with van der Waals surface area (Å²) < 4.78 is 6.53. The highest BCUT2D eigenvalue weighted by atomic mass is 16.5. The standard InChI is InChI=1S/C31H32N4O3/c1-3-34(15-6-7-21-10-11-21)27-19-29-26(17-20(27)2)31(25-13-12-22(32)18-28(25)38-29)24-9-5-4-8-23(24)30(37)35(31)33-14-16-36/h4-5,8-9,12-14,16-19,21H,3,6-7,10-11,15,32H2,1-2H3. The number of amides is 1. The van der Waals surface area contributed by atoms with Crippen LogP contribution in [0.5, 0.6) is 11.5 Å². The minimum Gasteiger partial charge on any atom is -0.456 e. The van der Waals surface area contributed by atoms with Crippen molar-refractivity contribution in [1.29, 1.82) is 0 Å². The molecule has 7 nitrogen and oxygen atoms in total. The molecule has 1 unspecified atom stereocenters. The number of nitrogens with zero attached hydrogens (tertiary/aromatic N) is 3. The van der Waals surface area contributed by atoms with Crippen LogP contribution in [-0.2, 0) is 10.3 Å². The van der Waals surface area contributed by atoms with Crippen molar-refractivity contribution in [2.24, 2.45) is 11.0 Å². The lowest BCUT2D eigenvalue weighted by Crippen LogP contribution is -2.44. The van der Waals surface area contributed by atoms with Crippen LogP contribution in [0.15, 0.2) is 59.7 Å². The van der Waals surface area contributed by atoms with E-state index in [-0.39, 0.29) is 5.91 Å². The zero-order valence-corrected chi connectivity index (χ0v) is 21.8. The molecule has 1 aliphatic carbocycles. The Kier molecular flexibility index (Phi) is 5.94. The molecule has 1 fully saturated rings. The first-order valence-electron chi connectivity index (χ1n) is 13.4. The van der Waals surface area contributed by atoms with Gasteiger partial charge in [0.25, 0.3) is 5.91 Å². The van der Waals surface area contributed by atoms with Gasteiger partial charge in [-0.3, -0.25) is 9.59 Å². The van der Waals surface area contributed by atoms with Crippen molar-refractivity contribution in [3.05, 3.63) is 82.4 Å². The lowest BCUT2D eigenvalue weighted by atomic mass is 9.74. The lowest BCUT2D eigenvalue weighted by molar-refractivity contribution is -0.102. The number of hydrogen-bond donors (Lipinski definition) is 1. The van der Waals surface area contributed by atoms with Gasteiger partial charge in [-0.1, -0.05) is 37.1 Å². The highest BCUT2D eigenvalue weighted by molar-refractivity contribution is 6.13. The van der Waals surface area contributed by atoms with Crippen LogP contribution in [0.3, 0.4) is 0 Å². The van der Waals surface area contributed by atoms with E-state index in [0.29, 0.717) is 29.0 Å². The smallest absolute Gasteiger partial charge is 0.275 e. The molecule has 1 saturated carbocycles. The molecule has 0 aromatic heterocycles. The fourth-order valence-corrected chi connectivity index (χ4v) is 6.11. The number of benzene rings is 3. The first-order valence-corrected chi connectivity index (χ1v) is 13.4. The maximum absolute atomic E-state index is 13.8. The van der Waals surface area contributed by atoms with E-state index >= 15 is 0 Å². The largest absolute Gasteiger partial charge is 0.456 e. The number of ether oxygens (including phenoxy) is 1. The van der Waals surface area contributed by atoms with Gasteiger partial charge in [-0.05, 0) is 56.4 Å². The molecule has 3 aromatic carbocycles. The number of aryl methyl sites for hydroxylation is 1. The summed E-state index contributed by atoms with van der Waals surface area (Å²) in [4.78, 5) is 27.5. The molecule has 38 heavy (non-hydrogen) atoms. The van der Waals surface area contributed by atoms with Crippen molar-refractivity contribution in [1.82, 2.24) is 5.01 Å². The molecule has 2 heterocycles. The summed E-state index contributed by atoms with van der Waals surface area (Å²) in [6.45, 7) is 6.15. The van der Waals surface area contributed by atoms with Crippen molar-refractivity contribution >= 4 is 29.8 Å². The van der Waals surface area contributed by atoms with Gasteiger partial charge in [-0.25, -0.2) is 5.01 Å². The molecule has 1 amide bonds. The van der Waals surface area contributed by atoms with E-state index in [0.717, 1.165) is 59.6 Å². The second-order valence-corrected chi connectivity index (χ2v) is 10.4. The number of fused-ring (bicyclic) bond motifs is 6. The number of anilines is 2. The molecular weight excluding hydrogens is 476 g/mol. The number of carbonyl (C=O) groups is 2. The quantitative estimate of drug-likeness (QED) is 0.242.